The number of rotatable bonds is 4. The van der Waals surface area contributed by atoms with Gasteiger partial charge in [-0.2, -0.15) is 0 Å². The predicted octanol–water partition coefficient (Wildman–Crippen LogP) is 1.26. The van der Waals surface area contributed by atoms with Crippen molar-refractivity contribution < 1.29 is 9.53 Å². The molecule has 0 radical (unpaired) electrons. The number of aromatic nitrogens is 2. The fourth-order valence-electron chi connectivity index (χ4n) is 2.27. The summed E-state index contributed by atoms with van der Waals surface area (Å²) in [6.07, 6.45) is 8.94. The minimum Gasteiger partial charge on any atom is -0.471 e. The van der Waals surface area contributed by atoms with Crippen molar-refractivity contribution in [1.29, 1.82) is 0 Å². The number of ether oxygens (including phenoxy) is 1. The van der Waals surface area contributed by atoms with Crippen molar-refractivity contribution in [2.24, 2.45) is 5.92 Å². The van der Waals surface area contributed by atoms with Crippen molar-refractivity contribution in [1.82, 2.24) is 14.9 Å². The van der Waals surface area contributed by atoms with Gasteiger partial charge in [-0.3, -0.25) is 9.78 Å². The van der Waals surface area contributed by atoms with Crippen molar-refractivity contribution in [2.45, 2.75) is 31.8 Å². The van der Waals surface area contributed by atoms with Gasteiger partial charge in [-0.25, -0.2) is 4.98 Å². The van der Waals surface area contributed by atoms with Crippen LogP contribution in [-0.2, 0) is 4.79 Å². The number of nitrogens with zero attached hydrogens (tertiary/aromatic N) is 3. The minimum atomic E-state index is 0.0600. The average Bonchev–Trinajstić information content (AvgIpc) is 3.07. The summed E-state index contributed by atoms with van der Waals surface area (Å²) < 4.78 is 5.71. The molecule has 1 atom stereocenters. The Morgan fingerprint density at radius 1 is 1.39 bits per heavy atom. The summed E-state index contributed by atoms with van der Waals surface area (Å²) >= 11 is 0. The highest BCUT2D eigenvalue weighted by atomic mass is 16.5. The molecular weight excluding hydrogens is 230 g/mol. The van der Waals surface area contributed by atoms with Crippen LogP contribution in [0.4, 0.5) is 0 Å². The number of hydrogen-bond acceptors (Lipinski definition) is 4. The van der Waals surface area contributed by atoms with Crippen molar-refractivity contribution >= 4 is 5.91 Å². The lowest BCUT2D eigenvalue weighted by molar-refractivity contribution is -0.130. The SMILES string of the molecule is O=C(CC1CC1)N1CCC(Oc2cnccn2)C1. The van der Waals surface area contributed by atoms with Crippen LogP contribution in [0.1, 0.15) is 25.7 Å². The Morgan fingerprint density at radius 2 is 2.28 bits per heavy atom. The maximum atomic E-state index is 11.9. The van der Waals surface area contributed by atoms with Crippen LogP contribution in [0.15, 0.2) is 18.6 Å². The van der Waals surface area contributed by atoms with E-state index in [4.69, 9.17) is 4.74 Å². The van der Waals surface area contributed by atoms with E-state index < -0.39 is 0 Å². The van der Waals surface area contributed by atoms with Crippen LogP contribution >= 0.6 is 0 Å². The largest absolute Gasteiger partial charge is 0.471 e. The normalized spacial score (nSPS) is 23.1. The molecule has 0 spiro atoms. The third kappa shape index (κ3) is 2.78. The van der Waals surface area contributed by atoms with E-state index in [-0.39, 0.29) is 12.0 Å². The van der Waals surface area contributed by atoms with Crippen LogP contribution in [-0.4, -0.2) is 40.0 Å². The van der Waals surface area contributed by atoms with E-state index in [1.54, 1.807) is 18.6 Å². The lowest BCUT2D eigenvalue weighted by atomic mass is 10.2. The molecule has 3 rings (SSSR count). The van der Waals surface area contributed by atoms with E-state index in [1.807, 2.05) is 4.90 Å². The Morgan fingerprint density at radius 3 is 3.00 bits per heavy atom. The standard InChI is InChI=1S/C13H17N3O2/c17-13(7-10-1-2-10)16-6-3-11(9-16)18-12-8-14-4-5-15-12/h4-5,8,10-11H,1-3,6-7,9H2. The maximum Gasteiger partial charge on any atom is 0.232 e. The van der Waals surface area contributed by atoms with Crippen molar-refractivity contribution in [3.63, 3.8) is 0 Å². The summed E-state index contributed by atoms with van der Waals surface area (Å²) in [5.41, 5.74) is 0. The lowest BCUT2D eigenvalue weighted by Crippen LogP contribution is -2.31. The highest BCUT2D eigenvalue weighted by molar-refractivity contribution is 5.77. The van der Waals surface area contributed by atoms with E-state index in [0.717, 1.165) is 19.4 Å². The quantitative estimate of drug-likeness (QED) is 0.803. The molecular formula is C13H17N3O2. The van der Waals surface area contributed by atoms with Crippen LogP contribution < -0.4 is 4.74 Å². The molecule has 2 aliphatic rings. The maximum absolute atomic E-state index is 11.9. The van der Waals surface area contributed by atoms with Crippen LogP contribution in [0, 0.1) is 5.92 Å². The van der Waals surface area contributed by atoms with Gasteiger partial charge in [0.1, 0.15) is 6.10 Å². The summed E-state index contributed by atoms with van der Waals surface area (Å²) in [5.74, 6) is 1.47. The van der Waals surface area contributed by atoms with Gasteiger partial charge in [0.15, 0.2) is 0 Å². The Kier molecular flexibility index (Phi) is 3.13. The molecule has 1 saturated heterocycles. The van der Waals surface area contributed by atoms with Gasteiger partial charge in [-0.05, 0) is 18.8 Å². The third-order valence-corrected chi connectivity index (χ3v) is 3.48. The van der Waals surface area contributed by atoms with Gasteiger partial charge in [0, 0.05) is 31.8 Å². The molecule has 2 heterocycles. The van der Waals surface area contributed by atoms with Crippen LogP contribution in [0.2, 0.25) is 0 Å². The molecule has 0 aromatic carbocycles. The number of carbonyl (C=O) groups excluding carboxylic acids is 1. The molecule has 1 aliphatic heterocycles. The monoisotopic (exact) mass is 247 g/mol. The second-order valence-electron chi connectivity index (χ2n) is 5.06. The fourth-order valence-corrected chi connectivity index (χ4v) is 2.27. The average molecular weight is 247 g/mol. The fraction of sp³-hybridized carbons (Fsp3) is 0.615. The predicted molar refractivity (Wildman–Crippen MR) is 65.0 cm³/mol. The third-order valence-electron chi connectivity index (χ3n) is 3.48. The smallest absolute Gasteiger partial charge is 0.232 e. The Bertz CT molecular complexity index is 420. The number of carbonyl (C=O) groups is 1. The molecule has 1 aromatic rings. The number of amides is 1. The molecule has 1 aromatic heterocycles. The van der Waals surface area contributed by atoms with Gasteiger partial charge in [0.2, 0.25) is 11.8 Å². The summed E-state index contributed by atoms with van der Waals surface area (Å²) in [4.78, 5) is 21.9. The molecule has 96 valence electrons. The molecule has 0 N–H and O–H groups in total. The van der Waals surface area contributed by atoms with E-state index in [1.165, 1.54) is 12.8 Å². The Hall–Kier alpha value is -1.65. The van der Waals surface area contributed by atoms with Crippen LogP contribution in [0.3, 0.4) is 0 Å². The zero-order valence-electron chi connectivity index (χ0n) is 10.3. The van der Waals surface area contributed by atoms with Gasteiger partial charge in [-0.15, -0.1) is 0 Å². The van der Waals surface area contributed by atoms with Crippen molar-refractivity contribution in [3.8, 4) is 5.88 Å². The first-order valence-electron chi connectivity index (χ1n) is 6.52. The molecule has 1 amide bonds. The number of hydrogen-bond donors (Lipinski definition) is 0. The molecule has 1 aliphatic carbocycles. The van der Waals surface area contributed by atoms with Gasteiger partial charge in [0.25, 0.3) is 0 Å². The van der Waals surface area contributed by atoms with Crippen molar-refractivity contribution in [2.75, 3.05) is 13.1 Å². The van der Waals surface area contributed by atoms with Crippen molar-refractivity contribution in [3.05, 3.63) is 18.6 Å². The lowest BCUT2D eigenvalue weighted by Gasteiger charge is -2.16. The summed E-state index contributed by atoms with van der Waals surface area (Å²) in [6.45, 7) is 1.48. The van der Waals surface area contributed by atoms with Crippen LogP contribution in [0.5, 0.6) is 5.88 Å². The minimum absolute atomic E-state index is 0.0600. The molecule has 1 saturated carbocycles. The molecule has 0 bridgehead atoms. The Labute approximate surface area is 106 Å². The molecule has 18 heavy (non-hydrogen) atoms. The molecule has 1 unspecified atom stereocenters. The first-order chi connectivity index (χ1) is 8.81. The molecule has 5 heteroatoms. The zero-order chi connectivity index (χ0) is 12.4. The highest BCUT2D eigenvalue weighted by Gasteiger charge is 2.31. The highest BCUT2D eigenvalue weighted by Crippen LogP contribution is 2.33. The first-order valence-corrected chi connectivity index (χ1v) is 6.52. The van der Waals surface area contributed by atoms with E-state index in [2.05, 4.69) is 9.97 Å². The van der Waals surface area contributed by atoms with E-state index >= 15 is 0 Å². The summed E-state index contributed by atoms with van der Waals surface area (Å²) in [7, 11) is 0. The topological polar surface area (TPSA) is 55.3 Å². The number of likely N-dealkylation sites (tertiary alicyclic amines) is 1. The van der Waals surface area contributed by atoms with E-state index in [9.17, 15) is 4.79 Å². The van der Waals surface area contributed by atoms with Gasteiger partial charge in [0.05, 0.1) is 12.7 Å². The van der Waals surface area contributed by atoms with Gasteiger partial charge < -0.3 is 9.64 Å². The zero-order valence-corrected chi connectivity index (χ0v) is 10.3. The van der Waals surface area contributed by atoms with Crippen LogP contribution in [0.25, 0.3) is 0 Å². The van der Waals surface area contributed by atoms with Gasteiger partial charge >= 0.3 is 0 Å². The Balaban J connectivity index is 1.50. The summed E-state index contributed by atoms with van der Waals surface area (Å²) in [6, 6.07) is 0. The molecule has 5 nitrogen and oxygen atoms in total. The molecule has 2 fully saturated rings. The summed E-state index contributed by atoms with van der Waals surface area (Å²) in [5, 5.41) is 0. The van der Waals surface area contributed by atoms with E-state index in [0.29, 0.717) is 18.3 Å². The van der Waals surface area contributed by atoms with Gasteiger partial charge in [-0.1, -0.05) is 0 Å². The first kappa shape index (κ1) is 11.4. The second-order valence-corrected chi connectivity index (χ2v) is 5.06. The second kappa shape index (κ2) is 4.92.